The molecule has 0 aliphatic carbocycles. The third kappa shape index (κ3) is 9.16. The molecular weight excluding hydrogens is 222 g/mol. The summed E-state index contributed by atoms with van der Waals surface area (Å²) < 4.78 is 23.3. The summed E-state index contributed by atoms with van der Waals surface area (Å²) in [5.41, 5.74) is 0. The van der Waals surface area contributed by atoms with Crippen LogP contribution in [0.5, 0.6) is 0 Å². The van der Waals surface area contributed by atoms with Crippen LogP contribution in [0, 0.1) is 0 Å². The van der Waals surface area contributed by atoms with E-state index >= 15 is 0 Å². The van der Waals surface area contributed by atoms with E-state index in [1.165, 1.54) is 0 Å². The summed E-state index contributed by atoms with van der Waals surface area (Å²) in [5, 5.41) is 3.31. The van der Waals surface area contributed by atoms with E-state index in [2.05, 4.69) is 26.1 Å². The Morgan fingerprint density at radius 2 is 1.75 bits per heavy atom. The van der Waals surface area contributed by atoms with E-state index in [0.29, 0.717) is 17.5 Å². The Morgan fingerprint density at radius 3 is 2.31 bits per heavy atom. The van der Waals surface area contributed by atoms with Crippen LogP contribution in [-0.4, -0.2) is 32.5 Å². The van der Waals surface area contributed by atoms with Gasteiger partial charge in [0.1, 0.15) is 9.84 Å². The first-order chi connectivity index (χ1) is 7.52. The quantitative estimate of drug-likeness (QED) is 0.605. The summed E-state index contributed by atoms with van der Waals surface area (Å²) in [4.78, 5) is 0. The molecule has 0 saturated carbocycles. The molecule has 0 aromatic rings. The monoisotopic (exact) mass is 249 g/mol. The number of sulfone groups is 1. The third-order valence-corrected chi connectivity index (χ3v) is 4.43. The Balaban J connectivity index is 3.72. The topological polar surface area (TPSA) is 46.2 Å². The van der Waals surface area contributed by atoms with Crippen molar-refractivity contribution in [3.8, 4) is 0 Å². The summed E-state index contributed by atoms with van der Waals surface area (Å²) in [5.74, 6) is 0.690. The fraction of sp³-hybridized carbons (Fsp3) is 1.00. The minimum atomic E-state index is -2.81. The van der Waals surface area contributed by atoms with Gasteiger partial charge >= 0.3 is 0 Å². The SMILES string of the molecule is CCCCCS(=O)(=O)CCC(C)NCCC. The van der Waals surface area contributed by atoms with Gasteiger partial charge in [0.25, 0.3) is 0 Å². The molecule has 0 fully saturated rings. The molecule has 0 saturated heterocycles. The van der Waals surface area contributed by atoms with E-state index in [-0.39, 0.29) is 0 Å². The molecule has 0 aliphatic heterocycles. The van der Waals surface area contributed by atoms with Crippen LogP contribution < -0.4 is 5.32 Å². The minimum Gasteiger partial charge on any atom is -0.314 e. The van der Waals surface area contributed by atoms with E-state index < -0.39 is 9.84 Å². The molecule has 1 atom stereocenters. The van der Waals surface area contributed by atoms with E-state index in [1.807, 2.05) is 0 Å². The predicted octanol–water partition coefficient (Wildman–Crippen LogP) is 2.37. The van der Waals surface area contributed by atoms with Crippen LogP contribution in [0.2, 0.25) is 0 Å². The van der Waals surface area contributed by atoms with Gasteiger partial charge in [0.05, 0.1) is 11.5 Å². The molecule has 1 unspecified atom stereocenters. The van der Waals surface area contributed by atoms with Crippen molar-refractivity contribution in [3.63, 3.8) is 0 Å². The second-order valence-corrected chi connectivity index (χ2v) is 6.81. The van der Waals surface area contributed by atoms with Crippen molar-refractivity contribution in [1.82, 2.24) is 5.32 Å². The smallest absolute Gasteiger partial charge is 0.150 e. The van der Waals surface area contributed by atoms with Crippen LogP contribution in [0.1, 0.15) is 52.9 Å². The molecule has 0 rings (SSSR count). The largest absolute Gasteiger partial charge is 0.314 e. The van der Waals surface area contributed by atoms with Gasteiger partial charge in [0.15, 0.2) is 0 Å². The van der Waals surface area contributed by atoms with Gasteiger partial charge in [-0.3, -0.25) is 0 Å². The summed E-state index contributed by atoms with van der Waals surface area (Å²) in [6, 6.07) is 0.306. The molecule has 0 heterocycles. The predicted molar refractivity (Wildman–Crippen MR) is 70.6 cm³/mol. The van der Waals surface area contributed by atoms with Crippen LogP contribution in [0.3, 0.4) is 0 Å². The van der Waals surface area contributed by atoms with E-state index in [9.17, 15) is 8.42 Å². The third-order valence-electron chi connectivity index (χ3n) is 2.66. The zero-order chi connectivity index (χ0) is 12.4. The number of unbranched alkanes of at least 4 members (excludes halogenated alkanes) is 2. The molecule has 3 nitrogen and oxygen atoms in total. The lowest BCUT2D eigenvalue weighted by atomic mass is 10.2. The second-order valence-electron chi connectivity index (χ2n) is 4.50. The van der Waals surface area contributed by atoms with Crippen molar-refractivity contribution >= 4 is 9.84 Å². The summed E-state index contributed by atoms with van der Waals surface area (Å²) in [6.07, 6.45) is 4.73. The van der Waals surface area contributed by atoms with Crippen LogP contribution in [0.4, 0.5) is 0 Å². The molecule has 0 spiro atoms. The first-order valence-electron chi connectivity index (χ1n) is 6.45. The molecular formula is C12H27NO2S. The highest BCUT2D eigenvalue weighted by Crippen LogP contribution is 2.03. The van der Waals surface area contributed by atoms with Crippen molar-refractivity contribution in [2.75, 3.05) is 18.1 Å². The second kappa shape index (κ2) is 8.99. The lowest BCUT2D eigenvalue weighted by Gasteiger charge is -2.12. The van der Waals surface area contributed by atoms with Gasteiger partial charge in [-0.2, -0.15) is 0 Å². The van der Waals surface area contributed by atoms with Crippen LogP contribution >= 0.6 is 0 Å². The molecule has 0 bridgehead atoms. The average Bonchev–Trinajstić information content (AvgIpc) is 2.24. The lowest BCUT2D eigenvalue weighted by molar-refractivity contribution is 0.525. The Morgan fingerprint density at radius 1 is 1.06 bits per heavy atom. The minimum absolute atomic E-state index is 0.306. The molecule has 98 valence electrons. The molecule has 0 aromatic carbocycles. The number of hydrogen-bond donors (Lipinski definition) is 1. The summed E-state index contributed by atoms with van der Waals surface area (Å²) in [6.45, 7) is 7.22. The molecule has 0 radical (unpaired) electrons. The first-order valence-corrected chi connectivity index (χ1v) is 8.27. The number of rotatable bonds is 10. The maximum atomic E-state index is 11.7. The van der Waals surface area contributed by atoms with E-state index in [0.717, 1.165) is 38.6 Å². The lowest BCUT2D eigenvalue weighted by Crippen LogP contribution is -2.29. The highest BCUT2D eigenvalue weighted by atomic mass is 32.2. The first kappa shape index (κ1) is 15.9. The van der Waals surface area contributed by atoms with Crippen LogP contribution in [0.15, 0.2) is 0 Å². The standard InChI is InChI=1S/C12H27NO2S/c1-4-6-7-10-16(14,15)11-8-12(3)13-9-5-2/h12-13H,4-11H2,1-3H3. The Labute approximate surface area is 101 Å². The molecule has 4 heteroatoms. The fourth-order valence-electron chi connectivity index (χ4n) is 1.52. The normalized spacial score (nSPS) is 13.9. The number of hydrogen-bond acceptors (Lipinski definition) is 3. The van der Waals surface area contributed by atoms with Crippen molar-refractivity contribution < 1.29 is 8.42 Å². The van der Waals surface area contributed by atoms with E-state index in [4.69, 9.17) is 0 Å². The molecule has 0 aliphatic rings. The van der Waals surface area contributed by atoms with E-state index in [1.54, 1.807) is 0 Å². The molecule has 0 aromatic heterocycles. The van der Waals surface area contributed by atoms with Crippen molar-refractivity contribution in [2.24, 2.45) is 0 Å². The van der Waals surface area contributed by atoms with Gasteiger partial charge in [-0.05, 0) is 32.7 Å². The Bertz CT molecular complexity index is 250. The van der Waals surface area contributed by atoms with Crippen LogP contribution in [-0.2, 0) is 9.84 Å². The van der Waals surface area contributed by atoms with Gasteiger partial charge in [-0.1, -0.05) is 26.7 Å². The molecule has 0 amide bonds. The van der Waals surface area contributed by atoms with Gasteiger partial charge in [-0.15, -0.1) is 0 Å². The maximum absolute atomic E-state index is 11.7. The molecule has 16 heavy (non-hydrogen) atoms. The van der Waals surface area contributed by atoms with Crippen LogP contribution in [0.25, 0.3) is 0 Å². The van der Waals surface area contributed by atoms with Gasteiger partial charge in [-0.25, -0.2) is 8.42 Å². The maximum Gasteiger partial charge on any atom is 0.150 e. The Kier molecular flexibility index (Phi) is 8.94. The number of nitrogens with one attached hydrogen (secondary N) is 1. The Hall–Kier alpha value is -0.0900. The zero-order valence-electron chi connectivity index (χ0n) is 11.0. The van der Waals surface area contributed by atoms with Gasteiger partial charge < -0.3 is 5.32 Å². The van der Waals surface area contributed by atoms with Crippen molar-refractivity contribution in [2.45, 2.75) is 58.9 Å². The van der Waals surface area contributed by atoms with Crippen molar-refractivity contribution in [3.05, 3.63) is 0 Å². The average molecular weight is 249 g/mol. The van der Waals surface area contributed by atoms with Gasteiger partial charge in [0, 0.05) is 6.04 Å². The fourth-order valence-corrected chi connectivity index (χ4v) is 3.08. The summed E-state index contributed by atoms with van der Waals surface area (Å²) >= 11 is 0. The zero-order valence-corrected chi connectivity index (χ0v) is 11.8. The molecule has 1 N–H and O–H groups in total. The summed E-state index contributed by atoms with van der Waals surface area (Å²) in [7, 11) is -2.81. The highest BCUT2D eigenvalue weighted by Gasteiger charge is 2.12. The van der Waals surface area contributed by atoms with Gasteiger partial charge in [0.2, 0.25) is 0 Å². The van der Waals surface area contributed by atoms with Crippen molar-refractivity contribution in [1.29, 1.82) is 0 Å². The highest BCUT2D eigenvalue weighted by molar-refractivity contribution is 7.91.